The highest BCUT2D eigenvalue weighted by Crippen LogP contribution is 2.25. The molecule has 0 saturated heterocycles. The van der Waals surface area contributed by atoms with Crippen LogP contribution in [0.2, 0.25) is 0 Å². The zero-order valence-electron chi connectivity index (χ0n) is 6.48. The maximum atomic E-state index is 13.2. The van der Waals surface area contributed by atoms with Crippen molar-refractivity contribution in [1.82, 2.24) is 0 Å². The molecule has 13 heavy (non-hydrogen) atoms. The molecule has 0 radical (unpaired) electrons. The molecular formula is C8H7BrF3N. The Bertz CT molecular complexity index is 303. The van der Waals surface area contributed by atoms with Crippen LogP contribution in [-0.2, 0) is 0 Å². The highest BCUT2D eigenvalue weighted by Gasteiger charge is 2.21. The lowest BCUT2D eigenvalue weighted by Gasteiger charge is -2.11. The first kappa shape index (κ1) is 10.5. The summed E-state index contributed by atoms with van der Waals surface area (Å²) in [5, 5.41) is 0. The highest BCUT2D eigenvalue weighted by atomic mass is 79.9. The van der Waals surface area contributed by atoms with Gasteiger partial charge in [0.15, 0.2) is 0 Å². The summed E-state index contributed by atoms with van der Waals surface area (Å²) in [5.41, 5.74) is 4.92. The number of hydrogen-bond acceptors (Lipinski definition) is 1. The molecule has 1 aromatic rings. The first-order chi connectivity index (χ1) is 6.04. The van der Waals surface area contributed by atoms with E-state index in [2.05, 4.69) is 15.9 Å². The van der Waals surface area contributed by atoms with E-state index in [1.807, 2.05) is 0 Å². The Balaban J connectivity index is 3.07. The molecule has 1 rings (SSSR count). The lowest BCUT2D eigenvalue weighted by molar-refractivity contribution is 0.114. The minimum atomic E-state index is -2.76. The number of alkyl halides is 2. The van der Waals surface area contributed by atoms with Crippen molar-refractivity contribution in [3.8, 4) is 0 Å². The van der Waals surface area contributed by atoms with Gasteiger partial charge in [0.25, 0.3) is 6.43 Å². The minimum absolute atomic E-state index is 0.140. The lowest BCUT2D eigenvalue weighted by atomic mass is 10.1. The summed E-state index contributed by atoms with van der Waals surface area (Å²) in [6.07, 6.45) is -2.76. The Morgan fingerprint density at radius 3 is 2.46 bits per heavy atom. The summed E-state index contributed by atoms with van der Waals surface area (Å²) in [7, 11) is 0. The third-order valence-electron chi connectivity index (χ3n) is 1.61. The van der Waals surface area contributed by atoms with Crippen LogP contribution in [0.5, 0.6) is 0 Å². The number of nitrogens with two attached hydrogens (primary N) is 1. The van der Waals surface area contributed by atoms with Gasteiger partial charge in [-0.05, 0) is 22.0 Å². The maximum Gasteiger partial charge on any atom is 0.257 e. The summed E-state index contributed by atoms with van der Waals surface area (Å²) in [6.45, 7) is 0. The largest absolute Gasteiger partial charge is 0.319 e. The van der Waals surface area contributed by atoms with Gasteiger partial charge in [-0.3, -0.25) is 0 Å². The van der Waals surface area contributed by atoms with Gasteiger partial charge in [-0.15, -0.1) is 0 Å². The molecule has 1 atom stereocenters. The number of hydrogen-bond donors (Lipinski definition) is 1. The normalized spacial score (nSPS) is 13.4. The average Bonchev–Trinajstić information content (AvgIpc) is 2.08. The van der Waals surface area contributed by atoms with Gasteiger partial charge < -0.3 is 5.73 Å². The zero-order chi connectivity index (χ0) is 10.0. The molecule has 1 aromatic carbocycles. The number of benzene rings is 1. The van der Waals surface area contributed by atoms with E-state index in [1.165, 1.54) is 18.2 Å². The molecule has 0 spiro atoms. The number of halogens is 4. The van der Waals surface area contributed by atoms with Gasteiger partial charge in [0.1, 0.15) is 5.82 Å². The van der Waals surface area contributed by atoms with E-state index in [9.17, 15) is 13.2 Å². The van der Waals surface area contributed by atoms with Gasteiger partial charge in [0.05, 0.1) is 10.5 Å². The topological polar surface area (TPSA) is 26.0 Å². The SMILES string of the molecule is NC(c1cccc(Br)c1F)C(F)F. The van der Waals surface area contributed by atoms with Crippen molar-refractivity contribution in [2.24, 2.45) is 5.73 Å². The molecule has 1 nitrogen and oxygen atoms in total. The molecule has 0 aliphatic rings. The van der Waals surface area contributed by atoms with Crippen LogP contribution in [0.3, 0.4) is 0 Å². The van der Waals surface area contributed by atoms with E-state index in [0.717, 1.165) is 0 Å². The monoisotopic (exact) mass is 253 g/mol. The van der Waals surface area contributed by atoms with E-state index >= 15 is 0 Å². The molecule has 0 aliphatic carbocycles. The zero-order valence-corrected chi connectivity index (χ0v) is 8.06. The molecule has 0 bridgehead atoms. The lowest BCUT2D eigenvalue weighted by Crippen LogP contribution is -2.20. The van der Waals surface area contributed by atoms with Crippen LogP contribution >= 0.6 is 15.9 Å². The smallest absolute Gasteiger partial charge is 0.257 e. The van der Waals surface area contributed by atoms with Gasteiger partial charge in [-0.25, -0.2) is 13.2 Å². The number of rotatable bonds is 2. The standard InChI is InChI=1S/C8H7BrF3N/c9-5-3-1-2-4(6(5)10)7(13)8(11)12/h1-3,7-8H,13H2. The molecule has 1 unspecified atom stereocenters. The second kappa shape index (κ2) is 4.11. The molecule has 5 heteroatoms. The first-order valence-corrected chi connectivity index (χ1v) is 4.31. The molecule has 0 amide bonds. The summed E-state index contributed by atoms with van der Waals surface area (Å²) in [6, 6.07) is 2.57. The van der Waals surface area contributed by atoms with Gasteiger partial charge in [0, 0.05) is 5.56 Å². The van der Waals surface area contributed by atoms with E-state index in [1.54, 1.807) is 0 Å². The second-order valence-corrected chi connectivity index (χ2v) is 3.36. The first-order valence-electron chi connectivity index (χ1n) is 3.51. The average molecular weight is 254 g/mol. The summed E-state index contributed by atoms with van der Waals surface area (Å²) < 4.78 is 37.5. The van der Waals surface area contributed by atoms with E-state index in [-0.39, 0.29) is 10.0 Å². The molecular weight excluding hydrogens is 247 g/mol. The van der Waals surface area contributed by atoms with Crippen LogP contribution in [0.1, 0.15) is 11.6 Å². The molecule has 2 N–H and O–H groups in total. The Hall–Kier alpha value is -0.550. The minimum Gasteiger partial charge on any atom is -0.319 e. The quantitative estimate of drug-likeness (QED) is 0.862. The van der Waals surface area contributed by atoms with Crippen molar-refractivity contribution in [3.05, 3.63) is 34.1 Å². The maximum absolute atomic E-state index is 13.2. The fraction of sp³-hybridized carbons (Fsp3) is 0.250. The molecule has 0 fully saturated rings. The van der Waals surface area contributed by atoms with Crippen LogP contribution in [-0.4, -0.2) is 6.43 Å². The van der Waals surface area contributed by atoms with Crippen molar-refractivity contribution < 1.29 is 13.2 Å². The summed E-state index contributed by atoms with van der Waals surface area (Å²) in [5.74, 6) is -0.727. The van der Waals surface area contributed by atoms with Gasteiger partial charge in [0.2, 0.25) is 0 Å². The van der Waals surface area contributed by atoms with Crippen LogP contribution in [0, 0.1) is 5.82 Å². The van der Waals surface area contributed by atoms with Crippen LogP contribution in [0.25, 0.3) is 0 Å². The third-order valence-corrected chi connectivity index (χ3v) is 2.22. The Morgan fingerprint density at radius 1 is 1.31 bits per heavy atom. The fourth-order valence-electron chi connectivity index (χ4n) is 0.914. The van der Waals surface area contributed by atoms with Crippen molar-refractivity contribution in [1.29, 1.82) is 0 Å². The Morgan fingerprint density at radius 2 is 1.92 bits per heavy atom. The van der Waals surface area contributed by atoms with Crippen LogP contribution in [0.15, 0.2) is 22.7 Å². The van der Waals surface area contributed by atoms with E-state index in [0.29, 0.717) is 0 Å². The fourth-order valence-corrected chi connectivity index (χ4v) is 1.30. The van der Waals surface area contributed by atoms with E-state index in [4.69, 9.17) is 5.73 Å². The van der Waals surface area contributed by atoms with Gasteiger partial charge in [-0.1, -0.05) is 12.1 Å². The van der Waals surface area contributed by atoms with Gasteiger partial charge in [-0.2, -0.15) is 0 Å². The Kier molecular flexibility index (Phi) is 3.33. The predicted molar refractivity (Wildman–Crippen MR) is 47.0 cm³/mol. The summed E-state index contributed by atoms with van der Waals surface area (Å²) >= 11 is 2.89. The molecule has 0 saturated carbocycles. The molecule has 0 aromatic heterocycles. The van der Waals surface area contributed by atoms with Crippen molar-refractivity contribution in [3.63, 3.8) is 0 Å². The molecule has 72 valence electrons. The summed E-state index contributed by atoms with van der Waals surface area (Å²) in [4.78, 5) is 0. The van der Waals surface area contributed by atoms with Crippen molar-refractivity contribution >= 4 is 15.9 Å². The van der Waals surface area contributed by atoms with E-state index < -0.39 is 18.3 Å². The molecule has 0 aliphatic heterocycles. The Labute approximate surface area is 81.9 Å². The van der Waals surface area contributed by atoms with Crippen LogP contribution in [0.4, 0.5) is 13.2 Å². The van der Waals surface area contributed by atoms with Crippen molar-refractivity contribution in [2.45, 2.75) is 12.5 Å². The molecule has 0 heterocycles. The third kappa shape index (κ3) is 2.22. The second-order valence-electron chi connectivity index (χ2n) is 2.50. The van der Waals surface area contributed by atoms with Crippen molar-refractivity contribution in [2.75, 3.05) is 0 Å². The van der Waals surface area contributed by atoms with Crippen LogP contribution < -0.4 is 5.73 Å². The predicted octanol–water partition coefficient (Wildman–Crippen LogP) is 2.85. The highest BCUT2D eigenvalue weighted by molar-refractivity contribution is 9.10. The van der Waals surface area contributed by atoms with Gasteiger partial charge >= 0.3 is 0 Å².